The van der Waals surface area contributed by atoms with Crippen LogP contribution in [0.15, 0.2) is 49.1 Å². The van der Waals surface area contributed by atoms with Crippen LogP contribution in [0.25, 0.3) is 0 Å². The number of aromatic nitrogens is 2. The van der Waals surface area contributed by atoms with Gasteiger partial charge in [0.2, 0.25) is 11.8 Å². The number of hydrogen-bond donors (Lipinski definition) is 3. The molecule has 7 nitrogen and oxygen atoms in total. The molecule has 3 N–H and O–H groups in total. The van der Waals surface area contributed by atoms with Crippen LogP contribution in [0, 0.1) is 5.41 Å². The molecule has 2 aromatic rings. The molecule has 28 heavy (non-hydrogen) atoms. The molecule has 3 rings (SSSR count). The first-order chi connectivity index (χ1) is 13.5. The second kappa shape index (κ2) is 8.93. The fourth-order valence-corrected chi connectivity index (χ4v) is 3.55. The topological polar surface area (TPSA) is 96.0 Å². The number of hydrogen-bond acceptors (Lipinski definition) is 5. The zero-order valence-electron chi connectivity index (χ0n) is 16.3. The number of amides is 2. The molecule has 1 saturated heterocycles. The van der Waals surface area contributed by atoms with Crippen molar-refractivity contribution >= 4 is 11.8 Å². The van der Waals surface area contributed by atoms with E-state index >= 15 is 0 Å². The lowest BCUT2D eigenvalue weighted by atomic mass is 9.81. The van der Waals surface area contributed by atoms with Gasteiger partial charge in [0, 0.05) is 37.8 Å². The highest BCUT2D eigenvalue weighted by molar-refractivity contribution is 5.90. The predicted octanol–water partition coefficient (Wildman–Crippen LogP) is 1.90. The third-order valence-corrected chi connectivity index (χ3v) is 5.32. The summed E-state index contributed by atoms with van der Waals surface area (Å²) in [6, 6.07) is 7.21. The molecule has 1 unspecified atom stereocenters. The highest BCUT2D eigenvalue weighted by Crippen LogP contribution is 2.31. The van der Waals surface area contributed by atoms with Gasteiger partial charge >= 0.3 is 0 Å². The van der Waals surface area contributed by atoms with Crippen molar-refractivity contribution < 1.29 is 9.59 Å². The number of pyridine rings is 2. The van der Waals surface area contributed by atoms with Crippen molar-refractivity contribution in [1.29, 1.82) is 0 Å². The van der Waals surface area contributed by atoms with Crippen LogP contribution in [0.1, 0.15) is 49.9 Å². The Kier molecular flexibility index (Phi) is 6.36. The van der Waals surface area contributed by atoms with Crippen LogP contribution in [-0.4, -0.2) is 34.9 Å². The van der Waals surface area contributed by atoms with Gasteiger partial charge in [0.05, 0.1) is 17.5 Å². The zero-order valence-corrected chi connectivity index (χ0v) is 16.3. The molecule has 0 aliphatic carbocycles. The summed E-state index contributed by atoms with van der Waals surface area (Å²) in [4.78, 5) is 34.0. The largest absolute Gasteiger partial charge is 0.349 e. The van der Waals surface area contributed by atoms with Crippen molar-refractivity contribution in [2.45, 2.75) is 38.8 Å². The monoisotopic (exact) mass is 381 g/mol. The summed E-state index contributed by atoms with van der Waals surface area (Å²) in [5.74, 6) is -0.234. The Morgan fingerprint density at radius 3 is 2.18 bits per heavy atom. The summed E-state index contributed by atoms with van der Waals surface area (Å²) in [5.41, 5.74) is 1.13. The lowest BCUT2D eigenvalue weighted by molar-refractivity contribution is -0.136. The van der Waals surface area contributed by atoms with E-state index in [4.69, 9.17) is 0 Å². The van der Waals surface area contributed by atoms with Gasteiger partial charge in [0.1, 0.15) is 0 Å². The number of nitrogens with one attached hydrogen (secondary N) is 3. The lowest BCUT2D eigenvalue weighted by Gasteiger charge is -2.29. The van der Waals surface area contributed by atoms with E-state index in [-0.39, 0.29) is 30.3 Å². The maximum Gasteiger partial charge on any atom is 0.228 e. The molecule has 1 aliphatic rings. The summed E-state index contributed by atoms with van der Waals surface area (Å²) in [6.07, 6.45) is 7.66. The van der Waals surface area contributed by atoms with Gasteiger partial charge in [0.15, 0.2) is 0 Å². The van der Waals surface area contributed by atoms with Crippen molar-refractivity contribution in [3.8, 4) is 0 Å². The highest BCUT2D eigenvalue weighted by Gasteiger charge is 2.43. The second-order valence-electron chi connectivity index (χ2n) is 7.44. The molecule has 0 bridgehead atoms. The predicted molar refractivity (Wildman–Crippen MR) is 106 cm³/mol. The average Bonchev–Trinajstić information content (AvgIpc) is 3.18. The van der Waals surface area contributed by atoms with Crippen LogP contribution in [0.4, 0.5) is 0 Å². The summed E-state index contributed by atoms with van der Waals surface area (Å²) in [6.45, 7) is 5.06. The first-order valence-electron chi connectivity index (χ1n) is 9.61. The van der Waals surface area contributed by atoms with E-state index in [0.717, 1.165) is 17.7 Å². The molecule has 1 aliphatic heterocycles. The molecule has 148 valence electrons. The van der Waals surface area contributed by atoms with Crippen molar-refractivity contribution in [1.82, 2.24) is 25.9 Å². The quantitative estimate of drug-likeness (QED) is 0.681. The summed E-state index contributed by atoms with van der Waals surface area (Å²) in [7, 11) is 0. The smallest absolute Gasteiger partial charge is 0.228 e. The van der Waals surface area contributed by atoms with Gasteiger partial charge in [-0.2, -0.15) is 0 Å². The Balaban J connectivity index is 1.64. The second-order valence-corrected chi connectivity index (χ2v) is 7.44. The zero-order chi connectivity index (χ0) is 20.0. The Bertz CT molecular complexity index is 791. The molecule has 0 saturated carbocycles. The van der Waals surface area contributed by atoms with Gasteiger partial charge in [0.25, 0.3) is 0 Å². The summed E-state index contributed by atoms with van der Waals surface area (Å²) < 4.78 is 0. The average molecular weight is 381 g/mol. The van der Waals surface area contributed by atoms with E-state index in [1.165, 1.54) is 0 Å². The number of nitrogens with zero attached hydrogens (tertiary/aromatic N) is 2. The van der Waals surface area contributed by atoms with Crippen LogP contribution in [0.5, 0.6) is 0 Å². The van der Waals surface area contributed by atoms with E-state index in [9.17, 15) is 9.59 Å². The minimum atomic E-state index is -0.741. The van der Waals surface area contributed by atoms with Crippen molar-refractivity contribution in [3.05, 3.63) is 60.2 Å². The first kappa shape index (κ1) is 19.9. The van der Waals surface area contributed by atoms with E-state index in [1.54, 1.807) is 24.8 Å². The molecule has 7 heteroatoms. The van der Waals surface area contributed by atoms with Gasteiger partial charge in [-0.25, -0.2) is 0 Å². The highest BCUT2D eigenvalue weighted by atomic mass is 16.2. The van der Waals surface area contributed by atoms with Crippen molar-refractivity contribution in [2.24, 2.45) is 5.41 Å². The van der Waals surface area contributed by atoms with Gasteiger partial charge in [-0.1, -0.05) is 12.1 Å². The van der Waals surface area contributed by atoms with Crippen molar-refractivity contribution in [2.75, 3.05) is 13.1 Å². The molecule has 1 fully saturated rings. The molecule has 0 aromatic carbocycles. The molecule has 0 spiro atoms. The van der Waals surface area contributed by atoms with Gasteiger partial charge in [-0.05, 0) is 50.1 Å². The van der Waals surface area contributed by atoms with Crippen LogP contribution in [0.2, 0.25) is 0 Å². The normalized spacial score (nSPS) is 20.9. The van der Waals surface area contributed by atoms with Crippen LogP contribution in [0.3, 0.4) is 0 Å². The van der Waals surface area contributed by atoms with E-state index in [0.29, 0.717) is 13.0 Å². The van der Waals surface area contributed by atoms with Gasteiger partial charge in [-0.3, -0.25) is 19.6 Å². The number of carbonyl (C=O) groups excluding carboxylic acids is 2. The Morgan fingerprint density at radius 1 is 1.07 bits per heavy atom. The molecule has 0 radical (unpaired) electrons. The van der Waals surface area contributed by atoms with E-state index in [2.05, 4.69) is 25.9 Å². The fraction of sp³-hybridized carbons (Fsp3) is 0.429. The standard InChI is InChI=1S/C21H27N5O2/c1-15(17-5-3-8-22-12-17)25-19(27)11-21(7-10-24-14-21)20(28)26-16(2)18-6-4-9-23-13-18/h3-6,8-9,12-13,15-16,24H,7,10-11,14H2,1-2H3,(H,25,27)(H,26,28)/t15-,16-,21?/m0/s1. The Labute approximate surface area is 165 Å². The maximum atomic E-state index is 13.1. The summed E-state index contributed by atoms with van der Waals surface area (Å²) in [5, 5.41) is 9.29. The maximum absolute atomic E-state index is 13.1. The van der Waals surface area contributed by atoms with Gasteiger partial charge < -0.3 is 16.0 Å². The molecule has 2 aromatic heterocycles. The molecular formula is C21H27N5O2. The molecule has 3 heterocycles. The third kappa shape index (κ3) is 4.72. The fourth-order valence-electron chi connectivity index (χ4n) is 3.55. The van der Waals surface area contributed by atoms with Crippen LogP contribution >= 0.6 is 0 Å². The van der Waals surface area contributed by atoms with Gasteiger partial charge in [-0.15, -0.1) is 0 Å². The molecular weight excluding hydrogens is 354 g/mol. The molecule has 2 amide bonds. The summed E-state index contributed by atoms with van der Waals surface area (Å²) >= 11 is 0. The number of rotatable bonds is 7. The SMILES string of the molecule is C[C@H](NC(=O)CC1(C(=O)N[C@@H](C)c2cccnc2)CCNC1)c1cccnc1. The minimum Gasteiger partial charge on any atom is -0.349 e. The van der Waals surface area contributed by atoms with E-state index in [1.807, 2.05) is 38.1 Å². The lowest BCUT2D eigenvalue weighted by Crippen LogP contribution is -2.46. The van der Waals surface area contributed by atoms with Crippen LogP contribution in [-0.2, 0) is 9.59 Å². The number of carbonyl (C=O) groups is 2. The van der Waals surface area contributed by atoms with Crippen LogP contribution < -0.4 is 16.0 Å². The van der Waals surface area contributed by atoms with E-state index < -0.39 is 5.41 Å². The minimum absolute atomic E-state index is 0.0990. The Hall–Kier alpha value is -2.80. The van der Waals surface area contributed by atoms with Crippen molar-refractivity contribution in [3.63, 3.8) is 0 Å². The first-order valence-corrected chi connectivity index (χ1v) is 9.61. The Morgan fingerprint density at radius 2 is 1.68 bits per heavy atom. The third-order valence-electron chi connectivity index (χ3n) is 5.32. The molecule has 3 atom stereocenters.